The first-order valence-electron chi connectivity index (χ1n) is 0.239. The molecule has 1 radical (unpaired) electrons. The molecule has 0 N–H and O–H groups in total. The smallest absolute Gasteiger partial charge is 0 e. The van der Waals surface area contributed by atoms with Gasteiger partial charge in [-0.15, -0.1) is 0 Å². The molecule has 0 aromatic carbocycles. The first-order valence-corrected chi connectivity index (χ1v) is 7.35. The molecule has 0 aliphatic carbocycles. The molecule has 4 heavy (non-hydrogen) atoms. The molecule has 0 saturated heterocycles. The van der Waals surface area contributed by atoms with E-state index in [0.29, 0.717) is 13.9 Å². The van der Waals surface area contributed by atoms with E-state index in [2.05, 4.69) is 26.9 Å². The zero-order chi connectivity index (χ0) is 2.71. The SMILES string of the molecule is [Br][Pd][Br].[Li]. The van der Waals surface area contributed by atoms with E-state index in [0.717, 1.165) is 0 Å². The Morgan fingerprint density at radius 1 is 1.25 bits per heavy atom. The normalized spacial score (nSPS) is 5.50. The minimum atomic E-state index is 0. The minimum absolute atomic E-state index is 0. The van der Waals surface area contributed by atoms with Crippen LogP contribution in [0.4, 0.5) is 0 Å². The molecule has 0 aliphatic rings. The van der Waals surface area contributed by atoms with Gasteiger partial charge < -0.3 is 0 Å². The molecular weight excluding hydrogens is 273 g/mol. The van der Waals surface area contributed by atoms with Crippen LogP contribution in [0.25, 0.3) is 0 Å². The zero-order valence-electron chi connectivity index (χ0n) is 2.07. The van der Waals surface area contributed by atoms with E-state index in [-0.39, 0.29) is 18.9 Å². The molecule has 0 aliphatic heterocycles. The van der Waals surface area contributed by atoms with Crippen LogP contribution in [-0.4, -0.2) is 18.9 Å². The Balaban J connectivity index is 0. The molecule has 0 rings (SSSR count). The van der Waals surface area contributed by atoms with Gasteiger partial charge in [0.2, 0.25) is 0 Å². The van der Waals surface area contributed by atoms with Crippen LogP contribution >= 0.6 is 26.9 Å². The monoisotopic (exact) mass is 271 g/mol. The van der Waals surface area contributed by atoms with Crippen LogP contribution in [0.1, 0.15) is 0 Å². The van der Waals surface area contributed by atoms with Gasteiger partial charge >= 0.3 is 40.8 Å². The van der Waals surface area contributed by atoms with E-state index in [9.17, 15) is 0 Å². The largest absolute Gasteiger partial charge is 0 e. The molecule has 0 heterocycles. The number of hydrogen-bond acceptors (Lipinski definition) is 0. The average molecular weight is 273 g/mol. The summed E-state index contributed by atoms with van der Waals surface area (Å²) in [4.78, 5) is 0. The molecule has 0 nitrogen and oxygen atoms in total. The van der Waals surface area contributed by atoms with Gasteiger partial charge in [0.1, 0.15) is 0 Å². The van der Waals surface area contributed by atoms with Gasteiger partial charge in [0, 0.05) is 18.9 Å². The molecule has 0 saturated carbocycles. The van der Waals surface area contributed by atoms with E-state index < -0.39 is 0 Å². The maximum absolute atomic E-state index is 3.11. The van der Waals surface area contributed by atoms with Crippen molar-refractivity contribution in [2.45, 2.75) is 0 Å². The Morgan fingerprint density at radius 2 is 1.25 bits per heavy atom. The van der Waals surface area contributed by atoms with E-state index >= 15 is 0 Å². The van der Waals surface area contributed by atoms with Gasteiger partial charge in [-0.1, -0.05) is 0 Å². The summed E-state index contributed by atoms with van der Waals surface area (Å²) in [5.41, 5.74) is 0. The van der Waals surface area contributed by atoms with Crippen molar-refractivity contribution in [2.75, 3.05) is 0 Å². The Kier molecular flexibility index (Phi) is 21.3. The third-order valence-corrected chi connectivity index (χ3v) is 0. The summed E-state index contributed by atoms with van der Waals surface area (Å²) in [5.74, 6) is 0. The standard InChI is InChI=1S/2BrH.Li.Pd/h2*1H;;/q;;;+2/p-2. The van der Waals surface area contributed by atoms with Gasteiger partial charge in [-0.25, -0.2) is 0 Å². The Hall–Kier alpha value is 2.22. The Bertz CT molecular complexity index is 6.00. The quantitative estimate of drug-likeness (QED) is 0.584. The Labute approximate surface area is 58.9 Å². The molecule has 25 valence electrons. The zero-order valence-corrected chi connectivity index (χ0v) is 6.80. The van der Waals surface area contributed by atoms with Crippen molar-refractivity contribution in [3.63, 3.8) is 0 Å². The van der Waals surface area contributed by atoms with Crippen LogP contribution in [0.2, 0.25) is 0 Å². The average Bonchev–Trinajstić information content (AvgIpc) is 0.918. The van der Waals surface area contributed by atoms with Crippen LogP contribution in [0.5, 0.6) is 0 Å². The van der Waals surface area contributed by atoms with Gasteiger partial charge in [-0.3, -0.25) is 0 Å². The third-order valence-electron chi connectivity index (χ3n) is 0. The molecule has 0 aromatic rings. The minimum Gasteiger partial charge on any atom is 0 e. The van der Waals surface area contributed by atoms with E-state index in [1.165, 1.54) is 0 Å². The fourth-order valence-electron chi connectivity index (χ4n) is 0. The third kappa shape index (κ3) is 8.88. The summed E-state index contributed by atoms with van der Waals surface area (Å²) in [6.45, 7) is 0. The van der Waals surface area contributed by atoms with Crippen LogP contribution in [-0.2, 0) is 13.9 Å². The summed E-state index contributed by atoms with van der Waals surface area (Å²) >= 11 is 6.80. The van der Waals surface area contributed by atoms with E-state index in [1.54, 1.807) is 0 Å². The molecule has 0 bridgehead atoms. The summed E-state index contributed by atoms with van der Waals surface area (Å²) in [6.07, 6.45) is 0. The fraction of sp³-hybridized carbons (Fsp3) is 0. The second-order valence-electron chi connectivity index (χ2n) is 0.0452. The predicted molar refractivity (Wildman–Crippen MR) is 23.6 cm³/mol. The van der Waals surface area contributed by atoms with Crippen molar-refractivity contribution < 1.29 is 13.9 Å². The van der Waals surface area contributed by atoms with Crippen LogP contribution in [0.15, 0.2) is 0 Å². The van der Waals surface area contributed by atoms with Gasteiger partial charge in [-0.05, 0) is 0 Å². The van der Waals surface area contributed by atoms with Gasteiger partial charge in [0.25, 0.3) is 0 Å². The first kappa shape index (κ1) is 9.52. The van der Waals surface area contributed by atoms with Gasteiger partial charge in [0.15, 0.2) is 0 Å². The van der Waals surface area contributed by atoms with Crippen molar-refractivity contribution >= 4 is 45.7 Å². The van der Waals surface area contributed by atoms with Crippen LogP contribution in [0, 0.1) is 0 Å². The molecule has 0 fully saturated rings. The molecule has 0 aromatic heterocycles. The second kappa shape index (κ2) is 8.97. The summed E-state index contributed by atoms with van der Waals surface area (Å²) in [5, 5.41) is 0. The molecule has 0 spiro atoms. The van der Waals surface area contributed by atoms with Crippen molar-refractivity contribution in [1.29, 1.82) is 0 Å². The second-order valence-corrected chi connectivity index (χ2v) is 7.22. The van der Waals surface area contributed by atoms with Gasteiger partial charge in [-0.2, -0.15) is 0 Å². The van der Waals surface area contributed by atoms with Crippen molar-refractivity contribution in [1.82, 2.24) is 0 Å². The summed E-state index contributed by atoms with van der Waals surface area (Å²) < 4.78 is 0. The predicted octanol–water partition coefficient (Wildman–Crippen LogP) is 1.31. The van der Waals surface area contributed by atoms with E-state index in [1.807, 2.05) is 0 Å². The first-order chi connectivity index (χ1) is 1.41. The molecule has 0 atom stereocenters. The van der Waals surface area contributed by atoms with Crippen LogP contribution < -0.4 is 0 Å². The van der Waals surface area contributed by atoms with E-state index in [4.69, 9.17) is 0 Å². The fourth-order valence-corrected chi connectivity index (χ4v) is 0. The molecule has 4 heteroatoms. The van der Waals surface area contributed by atoms with Crippen LogP contribution in [0.3, 0.4) is 0 Å². The maximum atomic E-state index is 3.11. The van der Waals surface area contributed by atoms with Gasteiger partial charge in [0.05, 0.1) is 0 Å². The topological polar surface area (TPSA) is 0 Å². The molecular formula is Br2LiPd. The van der Waals surface area contributed by atoms with Crippen molar-refractivity contribution in [3.05, 3.63) is 0 Å². The van der Waals surface area contributed by atoms with Crippen molar-refractivity contribution in [3.8, 4) is 0 Å². The molecule has 0 unspecified atom stereocenters. The Morgan fingerprint density at radius 3 is 1.25 bits per heavy atom. The summed E-state index contributed by atoms with van der Waals surface area (Å²) in [6, 6.07) is 0. The maximum Gasteiger partial charge on any atom is 0 e. The number of halogens is 2. The summed E-state index contributed by atoms with van der Waals surface area (Å²) in [7, 11) is 0. The number of rotatable bonds is 0. The number of hydrogen-bond donors (Lipinski definition) is 0. The van der Waals surface area contributed by atoms with Crippen molar-refractivity contribution in [2.24, 2.45) is 0 Å². The molecule has 0 amide bonds.